The van der Waals surface area contributed by atoms with Crippen LogP contribution >= 0.6 is 27.5 Å². The summed E-state index contributed by atoms with van der Waals surface area (Å²) in [6, 6.07) is 2.54. The van der Waals surface area contributed by atoms with Crippen LogP contribution in [-0.2, 0) is 10.0 Å². The van der Waals surface area contributed by atoms with Gasteiger partial charge < -0.3 is 5.32 Å². The molecule has 112 valence electrons. The van der Waals surface area contributed by atoms with Gasteiger partial charge in [0.05, 0.1) is 5.02 Å². The lowest BCUT2D eigenvalue weighted by Crippen LogP contribution is -2.44. The minimum absolute atomic E-state index is 0.176. The predicted molar refractivity (Wildman–Crippen MR) is 80.0 cm³/mol. The van der Waals surface area contributed by atoms with Gasteiger partial charge in [0.15, 0.2) is 0 Å². The first-order chi connectivity index (χ1) is 9.36. The summed E-state index contributed by atoms with van der Waals surface area (Å²) in [7, 11) is -1.99. The molecule has 0 saturated carbocycles. The summed E-state index contributed by atoms with van der Waals surface area (Å²) in [5, 5.41) is 3.30. The van der Waals surface area contributed by atoms with Crippen LogP contribution in [0.5, 0.6) is 0 Å². The maximum Gasteiger partial charge on any atom is 0.246 e. The third-order valence-electron chi connectivity index (χ3n) is 3.45. The van der Waals surface area contributed by atoms with Crippen molar-refractivity contribution in [1.29, 1.82) is 0 Å². The summed E-state index contributed by atoms with van der Waals surface area (Å²) in [6.07, 6.45) is 1.42. The molecule has 0 spiro atoms. The van der Waals surface area contributed by atoms with Crippen LogP contribution in [0.25, 0.3) is 0 Å². The van der Waals surface area contributed by atoms with Crippen LogP contribution in [-0.4, -0.2) is 38.9 Å². The lowest BCUT2D eigenvalue weighted by molar-refractivity contribution is 0.297. The number of hydrogen-bond acceptors (Lipinski definition) is 3. The maximum atomic E-state index is 13.9. The smallest absolute Gasteiger partial charge is 0.246 e. The summed E-state index contributed by atoms with van der Waals surface area (Å²) < 4.78 is 40.5. The highest BCUT2D eigenvalue weighted by atomic mass is 79.9. The van der Waals surface area contributed by atoms with Crippen LogP contribution in [0.15, 0.2) is 21.5 Å². The fourth-order valence-electron chi connectivity index (χ4n) is 2.23. The number of sulfonamides is 1. The third kappa shape index (κ3) is 3.17. The summed E-state index contributed by atoms with van der Waals surface area (Å²) in [4.78, 5) is -0.367. The van der Waals surface area contributed by atoms with Gasteiger partial charge in [-0.25, -0.2) is 12.8 Å². The molecule has 1 heterocycles. The van der Waals surface area contributed by atoms with E-state index in [0.717, 1.165) is 12.1 Å². The zero-order chi connectivity index (χ0) is 14.9. The Bertz CT molecular complexity index is 604. The number of rotatable bonds is 3. The van der Waals surface area contributed by atoms with E-state index in [1.54, 1.807) is 0 Å². The van der Waals surface area contributed by atoms with E-state index in [4.69, 9.17) is 11.6 Å². The molecule has 20 heavy (non-hydrogen) atoms. The van der Waals surface area contributed by atoms with Gasteiger partial charge in [-0.05, 0) is 48.0 Å². The van der Waals surface area contributed by atoms with Crippen molar-refractivity contribution in [1.82, 2.24) is 9.62 Å². The third-order valence-corrected chi connectivity index (χ3v) is 6.57. The van der Waals surface area contributed by atoms with Crippen LogP contribution in [0.4, 0.5) is 4.39 Å². The lowest BCUT2D eigenvalue weighted by atomic mass is 10.1. The van der Waals surface area contributed by atoms with Crippen molar-refractivity contribution in [2.45, 2.75) is 23.8 Å². The zero-order valence-corrected chi connectivity index (χ0v) is 14.0. The normalized spacial score (nSPS) is 18.4. The van der Waals surface area contributed by atoms with Gasteiger partial charge in [-0.1, -0.05) is 11.6 Å². The van der Waals surface area contributed by atoms with Crippen LogP contribution in [0.1, 0.15) is 12.8 Å². The minimum atomic E-state index is -3.84. The van der Waals surface area contributed by atoms with Gasteiger partial charge in [-0.15, -0.1) is 0 Å². The van der Waals surface area contributed by atoms with Crippen LogP contribution in [0.3, 0.4) is 0 Å². The molecule has 1 N–H and O–H groups in total. The molecule has 0 bridgehead atoms. The average molecular weight is 386 g/mol. The van der Waals surface area contributed by atoms with E-state index in [-0.39, 0.29) is 9.92 Å². The first kappa shape index (κ1) is 16.2. The van der Waals surface area contributed by atoms with Crippen molar-refractivity contribution in [3.63, 3.8) is 0 Å². The van der Waals surface area contributed by atoms with E-state index in [2.05, 4.69) is 21.2 Å². The van der Waals surface area contributed by atoms with Crippen molar-refractivity contribution in [2.24, 2.45) is 0 Å². The molecule has 1 fully saturated rings. The highest BCUT2D eigenvalue weighted by molar-refractivity contribution is 9.10. The van der Waals surface area contributed by atoms with Gasteiger partial charge in [0.25, 0.3) is 0 Å². The van der Waals surface area contributed by atoms with Gasteiger partial charge in [-0.2, -0.15) is 4.31 Å². The van der Waals surface area contributed by atoms with Crippen molar-refractivity contribution in [2.75, 3.05) is 20.1 Å². The van der Waals surface area contributed by atoms with E-state index >= 15 is 0 Å². The molecular weight excluding hydrogens is 371 g/mol. The molecule has 1 aliphatic rings. The monoisotopic (exact) mass is 384 g/mol. The number of nitrogens with zero attached hydrogens (tertiary/aromatic N) is 1. The Morgan fingerprint density at radius 2 is 2.00 bits per heavy atom. The second kappa shape index (κ2) is 6.27. The lowest BCUT2D eigenvalue weighted by Gasteiger charge is -2.31. The molecule has 1 saturated heterocycles. The van der Waals surface area contributed by atoms with Crippen LogP contribution in [0, 0.1) is 5.82 Å². The molecule has 1 aromatic rings. The summed E-state index contributed by atoms with van der Waals surface area (Å²) in [5.41, 5.74) is 0. The topological polar surface area (TPSA) is 49.4 Å². The number of nitrogens with one attached hydrogen (secondary N) is 1. The summed E-state index contributed by atoms with van der Waals surface area (Å²) in [5.74, 6) is -0.794. The van der Waals surface area contributed by atoms with Crippen molar-refractivity contribution in [3.05, 3.63) is 27.4 Å². The summed E-state index contributed by atoms with van der Waals surface area (Å²) >= 11 is 8.94. The first-order valence-corrected chi connectivity index (χ1v) is 8.79. The first-order valence-electron chi connectivity index (χ1n) is 6.18. The number of halogens is 3. The Morgan fingerprint density at radius 1 is 1.40 bits per heavy atom. The van der Waals surface area contributed by atoms with Gasteiger partial charge in [0.2, 0.25) is 10.0 Å². The maximum absolute atomic E-state index is 13.9. The quantitative estimate of drug-likeness (QED) is 0.814. The highest BCUT2D eigenvalue weighted by Crippen LogP contribution is 2.30. The van der Waals surface area contributed by atoms with E-state index in [1.165, 1.54) is 4.31 Å². The molecule has 0 aliphatic carbocycles. The van der Waals surface area contributed by atoms with Crippen molar-refractivity contribution >= 4 is 37.6 Å². The van der Waals surface area contributed by atoms with Gasteiger partial charge in [0, 0.05) is 23.6 Å². The minimum Gasteiger partial charge on any atom is -0.317 e. The SMILES string of the molecule is CNC1CCN(S(=O)(=O)c2cc(Cl)c(Br)cc2F)CC1. The molecule has 0 aromatic heterocycles. The Morgan fingerprint density at radius 3 is 2.55 bits per heavy atom. The second-order valence-corrected chi connectivity index (χ2v) is 7.83. The van der Waals surface area contributed by atoms with Gasteiger partial charge >= 0.3 is 0 Å². The average Bonchev–Trinajstić information content (AvgIpc) is 2.42. The van der Waals surface area contributed by atoms with Crippen LogP contribution in [0.2, 0.25) is 5.02 Å². The highest BCUT2D eigenvalue weighted by Gasteiger charge is 2.31. The molecule has 1 aromatic carbocycles. The predicted octanol–water partition coefficient (Wildman–Crippen LogP) is 2.61. The Kier molecular flexibility index (Phi) is 5.07. The zero-order valence-electron chi connectivity index (χ0n) is 10.9. The van der Waals surface area contributed by atoms with Gasteiger partial charge in [0.1, 0.15) is 10.7 Å². The van der Waals surface area contributed by atoms with E-state index < -0.39 is 15.8 Å². The molecule has 0 amide bonds. The van der Waals surface area contributed by atoms with Crippen molar-refractivity contribution in [3.8, 4) is 0 Å². The summed E-state index contributed by atoms with van der Waals surface area (Å²) in [6.45, 7) is 0.752. The molecule has 0 radical (unpaired) electrons. The number of hydrogen-bond donors (Lipinski definition) is 1. The van der Waals surface area contributed by atoms with Gasteiger partial charge in [-0.3, -0.25) is 0 Å². The molecule has 8 heteroatoms. The fraction of sp³-hybridized carbons (Fsp3) is 0.500. The molecule has 0 atom stereocenters. The van der Waals surface area contributed by atoms with Crippen molar-refractivity contribution < 1.29 is 12.8 Å². The molecule has 2 rings (SSSR count). The van der Waals surface area contributed by atoms with E-state index in [0.29, 0.717) is 36.4 Å². The molecule has 0 unspecified atom stereocenters. The fourth-order valence-corrected chi connectivity index (χ4v) is 4.31. The molecular formula is C12H15BrClFN2O2S. The Labute approximate surface area is 131 Å². The number of benzene rings is 1. The second-order valence-electron chi connectivity index (χ2n) is 4.66. The van der Waals surface area contributed by atoms with Crippen LogP contribution < -0.4 is 5.32 Å². The molecule has 4 nitrogen and oxygen atoms in total. The van der Waals surface area contributed by atoms with E-state index in [9.17, 15) is 12.8 Å². The standard InChI is InChI=1S/C12H15BrClFN2O2S/c1-16-8-2-4-17(5-3-8)20(18,19)12-7-10(14)9(13)6-11(12)15/h6-8,16H,2-5H2,1H3. The van der Waals surface area contributed by atoms with E-state index in [1.807, 2.05) is 7.05 Å². The molecule has 1 aliphatic heterocycles. The number of piperidine rings is 1. The Balaban J connectivity index is 2.30. The Hall–Kier alpha value is -0.210. The largest absolute Gasteiger partial charge is 0.317 e.